The Balaban J connectivity index is 2.34. The van der Waals surface area contributed by atoms with E-state index in [1.165, 1.54) is 0 Å². The number of halogens is 2. The Hall–Kier alpha value is -1.18. The minimum atomic E-state index is -3.95. The molecule has 0 radical (unpaired) electrons. The zero-order valence-corrected chi connectivity index (χ0v) is 12.1. The number of nitrogens with one attached hydrogen (secondary N) is 1. The fourth-order valence-electron chi connectivity index (χ4n) is 2.16. The zero-order chi connectivity index (χ0) is 15.1. The molecule has 0 bridgehead atoms. The van der Waals surface area contributed by atoms with Crippen LogP contribution in [-0.4, -0.2) is 25.5 Å². The van der Waals surface area contributed by atoms with Crippen LogP contribution in [0, 0.1) is 11.7 Å². The number of aromatic carboxylic acids is 1. The fraction of sp³-hybridized carbons (Fsp3) is 0.417. The molecule has 0 heterocycles. The van der Waals surface area contributed by atoms with Crippen molar-refractivity contribution < 1.29 is 22.7 Å². The molecule has 1 aromatic carbocycles. The van der Waals surface area contributed by atoms with Gasteiger partial charge in [0.1, 0.15) is 5.82 Å². The van der Waals surface area contributed by atoms with Crippen molar-refractivity contribution in [2.24, 2.45) is 5.92 Å². The lowest BCUT2D eigenvalue weighted by atomic mass is 9.83. The van der Waals surface area contributed by atoms with E-state index in [4.69, 9.17) is 16.7 Å². The quantitative estimate of drug-likeness (QED) is 0.891. The maximum absolute atomic E-state index is 13.5. The van der Waals surface area contributed by atoms with Crippen LogP contribution in [-0.2, 0) is 10.0 Å². The van der Waals surface area contributed by atoms with Crippen molar-refractivity contribution >= 4 is 27.6 Å². The second-order valence-electron chi connectivity index (χ2n) is 4.97. The van der Waals surface area contributed by atoms with Crippen molar-refractivity contribution in [3.05, 3.63) is 28.5 Å². The van der Waals surface area contributed by atoms with Gasteiger partial charge in [-0.3, -0.25) is 0 Å². The standard InChI is InChI=1S/C12H13ClFNO4S/c1-6-2-7(3-6)15-20(18,19)8-4-9(12(16)17)11(13)10(14)5-8/h4-7,15H,2-3H2,1H3,(H,16,17). The topological polar surface area (TPSA) is 83.5 Å². The molecule has 20 heavy (non-hydrogen) atoms. The van der Waals surface area contributed by atoms with Crippen LogP contribution in [0.1, 0.15) is 30.1 Å². The summed E-state index contributed by atoms with van der Waals surface area (Å²) >= 11 is 5.50. The molecule has 0 spiro atoms. The van der Waals surface area contributed by atoms with Gasteiger partial charge in [-0.25, -0.2) is 22.3 Å². The number of carboxylic acids is 1. The molecular weight excluding hydrogens is 309 g/mol. The smallest absolute Gasteiger partial charge is 0.337 e. The van der Waals surface area contributed by atoms with Crippen LogP contribution in [0.2, 0.25) is 5.02 Å². The van der Waals surface area contributed by atoms with Crippen LogP contribution < -0.4 is 4.72 Å². The molecule has 0 aromatic heterocycles. The summed E-state index contributed by atoms with van der Waals surface area (Å²) in [6, 6.07) is 1.39. The molecule has 1 aliphatic rings. The lowest BCUT2D eigenvalue weighted by Crippen LogP contribution is -2.43. The summed E-state index contributed by atoms with van der Waals surface area (Å²) in [5.74, 6) is -2.11. The maximum atomic E-state index is 13.5. The van der Waals surface area contributed by atoms with Crippen LogP contribution in [0.5, 0.6) is 0 Å². The van der Waals surface area contributed by atoms with E-state index < -0.39 is 37.3 Å². The molecule has 0 aliphatic heterocycles. The second kappa shape index (κ2) is 5.31. The molecule has 0 saturated heterocycles. The first-order valence-corrected chi connectivity index (χ1v) is 7.81. The molecular formula is C12H13ClFNO4S. The highest BCUT2D eigenvalue weighted by Gasteiger charge is 2.31. The Morgan fingerprint density at radius 1 is 1.45 bits per heavy atom. The molecule has 1 aliphatic carbocycles. The van der Waals surface area contributed by atoms with Crippen molar-refractivity contribution in [3.63, 3.8) is 0 Å². The third kappa shape index (κ3) is 2.94. The van der Waals surface area contributed by atoms with E-state index >= 15 is 0 Å². The van der Waals surface area contributed by atoms with Gasteiger partial charge in [0.15, 0.2) is 0 Å². The van der Waals surface area contributed by atoms with Gasteiger partial charge < -0.3 is 5.11 Å². The van der Waals surface area contributed by atoms with Crippen molar-refractivity contribution in [1.29, 1.82) is 0 Å². The summed E-state index contributed by atoms with van der Waals surface area (Å²) in [7, 11) is -3.95. The Morgan fingerprint density at radius 2 is 2.05 bits per heavy atom. The summed E-state index contributed by atoms with van der Waals surface area (Å²) < 4.78 is 40.1. The Kier molecular flexibility index (Phi) is 4.04. The van der Waals surface area contributed by atoms with Crippen molar-refractivity contribution in [1.82, 2.24) is 4.72 Å². The summed E-state index contributed by atoms with van der Waals surface area (Å²) in [5, 5.41) is 8.28. The molecule has 1 saturated carbocycles. The molecule has 5 nitrogen and oxygen atoms in total. The molecule has 0 unspecified atom stereocenters. The maximum Gasteiger partial charge on any atom is 0.337 e. The van der Waals surface area contributed by atoms with Crippen LogP contribution in [0.25, 0.3) is 0 Å². The van der Waals surface area contributed by atoms with E-state index in [1.54, 1.807) is 0 Å². The summed E-state index contributed by atoms with van der Waals surface area (Å²) in [4.78, 5) is 10.5. The first-order chi connectivity index (χ1) is 9.20. The Morgan fingerprint density at radius 3 is 2.55 bits per heavy atom. The van der Waals surface area contributed by atoms with Gasteiger partial charge in [0, 0.05) is 6.04 Å². The van der Waals surface area contributed by atoms with E-state index in [0.717, 1.165) is 12.1 Å². The summed E-state index contributed by atoms with van der Waals surface area (Å²) in [6.45, 7) is 2.00. The van der Waals surface area contributed by atoms with E-state index in [1.807, 2.05) is 6.92 Å². The average Bonchev–Trinajstić information content (AvgIpc) is 2.29. The minimum Gasteiger partial charge on any atom is -0.478 e. The van der Waals surface area contributed by atoms with E-state index in [2.05, 4.69) is 4.72 Å². The average molecular weight is 322 g/mol. The first-order valence-electron chi connectivity index (χ1n) is 5.95. The highest BCUT2D eigenvalue weighted by Crippen LogP contribution is 2.29. The third-order valence-electron chi connectivity index (χ3n) is 3.24. The first kappa shape index (κ1) is 15.2. The molecule has 0 atom stereocenters. The van der Waals surface area contributed by atoms with Gasteiger partial charge in [-0.15, -0.1) is 0 Å². The van der Waals surface area contributed by atoms with Crippen LogP contribution in [0.15, 0.2) is 17.0 Å². The van der Waals surface area contributed by atoms with Crippen LogP contribution in [0.3, 0.4) is 0 Å². The number of benzene rings is 1. The number of carbonyl (C=O) groups is 1. The number of hydrogen-bond acceptors (Lipinski definition) is 3. The molecule has 2 N–H and O–H groups in total. The predicted octanol–water partition coefficient (Wildman–Crippen LogP) is 2.25. The largest absolute Gasteiger partial charge is 0.478 e. The van der Waals surface area contributed by atoms with Crippen molar-refractivity contribution in [3.8, 4) is 0 Å². The number of carboxylic acid groups (broad SMARTS) is 1. The molecule has 1 fully saturated rings. The van der Waals surface area contributed by atoms with E-state index in [0.29, 0.717) is 18.8 Å². The summed E-state index contributed by atoms with van der Waals surface area (Å²) in [5.41, 5.74) is -0.575. The zero-order valence-electron chi connectivity index (χ0n) is 10.6. The lowest BCUT2D eigenvalue weighted by Gasteiger charge is -2.32. The lowest BCUT2D eigenvalue weighted by molar-refractivity contribution is 0.0696. The minimum absolute atomic E-state index is 0.193. The van der Waals surface area contributed by atoms with Gasteiger partial charge in [-0.05, 0) is 30.9 Å². The highest BCUT2D eigenvalue weighted by molar-refractivity contribution is 7.89. The molecule has 0 amide bonds. The van der Waals surface area contributed by atoms with Crippen molar-refractivity contribution in [2.45, 2.75) is 30.7 Å². The van der Waals surface area contributed by atoms with Gasteiger partial charge in [0.2, 0.25) is 10.0 Å². The SMILES string of the molecule is CC1CC(NS(=O)(=O)c2cc(F)c(Cl)c(C(=O)O)c2)C1. The fourth-order valence-corrected chi connectivity index (χ4v) is 3.65. The monoisotopic (exact) mass is 321 g/mol. The van der Waals surface area contributed by atoms with Gasteiger partial charge in [-0.1, -0.05) is 18.5 Å². The number of rotatable bonds is 4. The number of hydrogen-bond donors (Lipinski definition) is 2. The Bertz CT molecular complexity index is 656. The van der Waals surface area contributed by atoms with Crippen LogP contribution >= 0.6 is 11.6 Å². The van der Waals surface area contributed by atoms with Gasteiger partial charge in [0.25, 0.3) is 0 Å². The van der Waals surface area contributed by atoms with E-state index in [-0.39, 0.29) is 6.04 Å². The van der Waals surface area contributed by atoms with Gasteiger partial charge in [-0.2, -0.15) is 0 Å². The molecule has 110 valence electrons. The molecule has 1 aromatic rings. The third-order valence-corrected chi connectivity index (χ3v) is 5.12. The van der Waals surface area contributed by atoms with Gasteiger partial charge in [0.05, 0.1) is 15.5 Å². The van der Waals surface area contributed by atoms with Crippen molar-refractivity contribution in [2.75, 3.05) is 0 Å². The predicted molar refractivity (Wildman–Crippen MR) is 70.9 cm³/mol. The normalized spacial score (nSPS) is 22.4. The van der Waals surface area contributed by atoms with E-state index in [9.17, 15) is 17.6 Å². The van der Waals surface area contributed by atoms with Gasteiger partial charge >= 0.3 is 5.97 Å². The molecule has 8 heteroatoms. The second-order valence-corrected chi connectivity index (χ2v) is 7.06. The summed E-state index contributed by atoms with van der Waals surface area (Å²) in [6.07, 6.45) is 1.42. The van der Waals surface area contributed by atoms with Crippen LogP contribution in [0.4, 0.5) is 4.39 Å². The number of sulfonamides is 1. The highest BCUT2D eigenvalue weighted by atomic mass is 35.5. The Labute approximate surface area is 120 Å². The molecule has 2 rings (SSSR count).